The largest absolute Gasteiger partial charge is 1.00 e. The number of halogens is 4. The molecule has 2 aromatic carbocycles. The maximum atomic E-state index is 13.0. The van der Waals surface area contributed by atoms with Gasteiger partial charge in [0, 0.05) is 31.1 Å². The minimum atomic E-state index is -5.41. The quantitative estimate of drug-likeness (QED) is 0.336. The molecule has 10 heteroatoms. The van der Waals surface area contributed by atoms with Gasteiger partial charge >= 0.3 is 5.51 Å². The van der Waals surface area contributed by atoms with Gasteiger partial charge in [0.05, 0.1) is 18.0 Å². The van der Waals surface area contributed by atoms with Crippen LogP contribution in [0.15, 0.2) is 59.6 Å². The highest BCUT2D eigenvalue weighted by atomic mass is 127. The van der Waals surface area contributed by atoms with Gasteiger partial charge in [0.25, 0.3) is 15.7 Å². The summed E-state index contributed by atoms with van der Waals surface area (Å²) in [6.07, 6.45) is 3.74. The number of fused-ring (bicyclic) bond motifs is 1. The Bertz CT molecular complexity index is 1190. The number of rotatable bonds is 6. The fourth-order valence-electron chi connectivity index (χ4n) is 3.41. The number of alkyl halides is 3. The fourth-order valence-corrected chi connectivity index (χ4v) is 4.19. The molecule has 0 atom stereocenters. The Morgan fingerprint density at radius 2 is 1.74 bits per heavy atom. The highest BCUT2D eigenvalue weighted by Gasteiger charge is 2.47. The Labute approximate surface area is 196 Å². The topological polar surface area (TPSA) is 46.2 Å². The smallest absolute Gasteiger partial charge is 0.501 e. The first kappa shape index (κ1) is 25.2. The van der Waals surface area contributed by atoms with Crippen molar-refractivity contribution >= 4 is 32.6 Å². The van der Waals surface area contributed by atoms with Crippen LogP contribution in [0, 0.1) is 0 Å². The molecule has 0 bridgehead atoms. The number of anilines is 1. The molecule has 31 heavy (non-hydrogen) atoms. The van der Waals surface area contributed by atoms with E-state index in [-0.39, 0.29) is 24.0 Å². The number of sulfone groups is 1. The van der Waals surface area contributed by atoms with Crippen LogP contribution in [0.2, 0.25) is 0 Å². The van der Waals surface area contributed by atoms with Crippen molar-refractivity contribution in [2.24, 2.45) is 0 Å². The van der Waals surface area contributed by atoms with Gasteiger partial charge in [-0.25, -0.2) is 17.6 Å². The zero-order valence-electron chi connectivity index (χ0n) is 17.3. The number of benzene rings is 2. The van der Waals surface area contributed by atoms with Crippen molar-refractivity contribution in [1.82, 2.24) is 4.57 Å². The second kappa shape index (κ2) is 9.60. The van der Waals surface area contributed by atoms with Crippen molar-refractivity contribution in [2.45, 2.75) is 37.3 Å². The fraction of sp³-hybridized carbons (Fsp3) is 0.286. The molecule has 0 saturated carbocycles. The second-order valence-corrected chi connectivity index (χ2v) is 8.65. The summed E-state index contributed by atoms with van der Waals surface area (Å²) in [6, 6.07) is 13.3. The number of aromatic nitrogens is 2. The zero-order valence-corrected chi connectivity index (χ0v) is 20.2. The number of nitrogens with zero attached hydrogens (tertiary/aromatic N) is 3. The summed E-state index contributed by atoms with van der Waals surface area (Å²) in [5.41, 5.74) is -3.25. The van der Waals surface area contributed by atoms with Gasteiger partial charge in [0.15, 0.2) is 11.0 Å². The van der Waals surface area contributed by atoms with Gasteiger partial charge in [0.2, 0.25) is 0 Å². The van der Waals surface area contributed by atoms with Crippen LogP contribution in [0.1, 0.15) is 19.7 Å². The lowest BCUT2D eigenvalue weighted by Crippen LogP contribution is -3.00. The first-order valence-electron chi connectivity index (χ1n) is 9.45. The van der Waals surface area contributed by atoms with Crippen LogP contribution in [-0.2, 0) is 22.9 Å². The van der Waals surface area contributed by atoms with Gasteiger partial charge in [-0.2, -0.15) is 13.2 Å². The molecule has 5 nitrogen and oxygen atoms in total. The van der Waals surface area contributed by atoms with Gasteiger partial charge < -0.3 is 28.9 Å². The zero-order chi connectivity index (χ0) is 22.1. The van der Waals surface area contributed by atoms with Crippen LogP contribution >= 0.6 is 0 Å². The van der Waals surface area contributed by atoms with Gasteiger partial charge in [-0.15, -0.1) is 0 Å². The summed E-state index contributed by atoms with van der Waals surface area (Å²) in [6.45, 7) is 4.83. The number of para-hydroxylation sites is 1. The van der Waals surface area contributed by atoms with Gasteiger partial charge in [-0.1, -0.05) is 18.2 Å². The summed E-state index contributed by atoms with van der Waals surface area (Å²) in [4.78, 5) is 1.17. The molecule has 168 valence electrons. The number of imidazole rings is 1. The molecule has 0 radical (unpaired) electrons. The molecule has 0 fully saturated rings. The van der Waals surface area contributed by atoms with Crippen molar-refractivity contribution < 1.29 is 50.1 Å². The maximum absolute atomic E-state index is 13.0. The van der Waals surface area contributed by atoms with Crippen LogP contribution in [0.25, 0.3) is 17.1 Å². The van der Waals surface area contributed by atoms with E-state index in [9.17, 15) is 21.6 Å². The van der Waals surface area contributed by atoms with Crippen molar-refractivity contribution in [2.75, 3.05) is 11.9 Å². The van der Waals surface area contributed by atoms with Gasteiger partial charge in [-0.05, 0) is 38.1 Å². The van der Waals surface area contributed by atoms with E-state index in [1.165, 1.54) is 6.07 Å². The van der Waals surface area contributed by atoms with Crippen molar-refractivity contribution in [3.8, 4) is 0 Å². The van der Waals surface area contributed by atoms with E-state index in [0.717, 1.165) is 23.6 Å². The van der Waals surface area contributed by atoms with Crippen LogP contribution in [-0.4, -0.2) is 25.5 Å². The first-order chi connectivity index (χ1) is 14.1. The van der Waals surface area contributed by atoms with E-state index in [1.54, 1.807) is 0 Å². The molecule has 0 aliphatic rings. The minimum Gasteiger partial charge on any atom is -1.00 e. The maximum Gasteiger partial charge on any atom is 0.501 e. The Hall–Kier alpha value is -2.08. The molecule has 0 saturated heterocycles. The highest BCUT2D eigenvalue weighted by molar-refractivity contribution is 7.92. The lowest BCUT2D eigenvalue weighted by atomic mass is 10.3. The van der Waals surface area contributed by atoms with Crippen LogP contribution < -0.4 is 33.4 Å². The van der Waals surface area contributed by atoms with Crippen LogP contribution in [0.4, 0.5) is 18.9 Å². The van der Waals surface area contributed by atoms with E-state index in [0.29, 0.717) is 24.1 Å². The standard InChI is InChI=1S/C21H23F3N3O2S.HI/c1-4-26-18-12-11-17(30(28,29)21(22,23)24)15-19(18)27(5-2)20(26)13-14-25(3)16-9-7-6-8-10-16;/h6-15H,4-5H2,1-3H3;1H/q+1;/p-1. The Morgan fingerprint density at radius 1 is 1.10 bits per heavy atom. The average Bonchev–Trinajstić information content (AvgIpc) is 3.03. The third-order valence-electron chi connectivity index (χ3n) is 4.94. The van der Waals surface area contributed by atoms with Crippen molar-refractivity contribution in [1.29, 1.82) is 0 Å². The predicted molar refractivity (Wildman–Crippen MR) is 111 cm³/mol. The van der Waals surface area contributed by atoms with E-state index in [1.807, 2.05) is 77.5 Å². The Kier molecular flexibility index (Phi) is 7.79. The molecule has 3 aromatic rings. The Balaban J connectivity index is 0.00000341. The van der Waals surface area contributed by atoms with Crippen molar-refractivity contribution in [3.05, 3.63) is 60.6 Å². The van der Waals surface area contributed by atoms with Crippen LogP contribution in [0.5, 0.6) is 0 Å². The molecule has 1 aromatic heterocycles. The predicted octanol–water partition coefficient (Wildman–Crippen LogP) is 1.37. The number of aryl methyl sites for hydroxylation is 2. The molecule has 0 aliphatic heterocycles. The summed E-state index contributed by atoms with van der Waals surface area (Å²) < 4.78 is 66.5. The molecule has 1 heterocycles. The average molecular weight is 565 g/mol. The third kappa shape index (κ3) is 4.74. The van der Waals surface area contributed by atoms with E-state index in [2.05, 4.69) is 0 Å². The normalized spacial score (nSPS) is 12.3. The molecule has 3 rings (SSSR count). The first-order valence-corrected chi connectivity index (χ1v) is 10.9. The molecule has 0 spiro atoms. The SMILES string of the molecule is CCn1c(/C=C/N(C)c2ccccc2)[n+](CC)c2ccc(S(=O)(=O)C(F)(F)F)cc21.[I-]. The van der Waals surface area contributed by atoms with E-state index >= 15 is 0 Å². The third-order valence-corrected chi connectivity index (χ3v) is 6.42. The molecule has 0 N–H and O–H groups in total. The second-order valence-electron chi connectivity index (χ2n) is 6.71. The monoisotopic (exact) mass is 565 g/mol. The summed E-state index contributed by atoms with van der Waals surface area (Å²) >= 11 is 0. The van der Waals surface area contributed by atoms with Crippen molar-refractivity contribution in [3.63, 3.8) is 0 Å². The molecule has 0 unspecified atom stereocenters. The van der Waals surface area contributed by atoms with E-state index < -0.39 is 20.2 Å². The summed E-state index contributed by atoms with van der Waals surface area (Å²) in [5, 5.41) is 0. The molecule has 0 amide bonds. The number of hydrogen-bond donors (Lipinski definition) is 0. The summed E-state index contributed by atoms with van der Waals surface area (Å²) in [5.74, 6) is 0.763. The minimum absolute atomic E-state index is 0. The van der Waals surface area contributed by atoms with E-state index in [4.69, 9.17) is 0 Å². The Morgan fingerprint density at radius 3 is 2.29 bits per heavy atom. The molecule has 0 aliphatic carbocycles. The van der Waals surface area contributed by atoms with Gasteiger partial charge in [-0.3, -0.25) is 0 Å². The lowest BCUT2D eigenvalue weighted by Gasteiger charge is -2.13. The molecular weight excluding hydrogens is 542 g/mol. The van der Waals surface area contributed by atoms with Gasteiger partial charge in [0.1, 0.15) is 0 Å². The summed E-state index contributed by atoms with van der Waals surface area (Å²) in [7, 11) is -3.52. The number of hydrogen-bond acceptors (Lipinski definition) is 3. The highest BCUT2D eigenvalue weighted by Crippen LogP contribution is 2.32. The van der Waals surface area contributed by atoms with Crippen LogP contribution in [0.3, 0.4) is 0 Å². The molecular formula is C21H23F3IN3O2S. The lowest BCUT2D eigenvalue weighted by molar-refractivity contribution is -0.670.